The highest BCUT2D eigenvalue weighted by Gasteiger charge is 2.61. The van der Waals surface area contributed by atoms with E-state index in [1.54, 1.807) is 0 Å². The van der Waals surface area contributed by atoms with Crippen molar-refractivity contribution in [2.75, 3.05) is 13.2 Å². The number of esters is 1. The molecule has 104 valence electrons. The highest BCUT2D eigenvalue weighted by atomic mass is 31.2. The van der Waals surface area contributed by atoms with Crippen LogP contribution in [0.2, 0.25) is 0 Å². The summed E-state index contributed by atoms with van der Waals surface area (Å²) in [5.74, 6) is -0.0938. The van der Waals surface area contributed by atoms with Crippen LogP contribution in [-0.2, 0) is 23.1 Å². The molecule has 0 N–H and O–H groups in total. The number of hydrogen-bond donors (Lipinski definition) is 0. The number of ether oxygens (including phenoxy) is 1. The molecule has 0 aliphatic heterocycles. The van der Waals surface area contributed by atoms with E-state index in [1.165, 1.54) is 20.8 Å². The maximum Gasteiger partial charge on any atom is 0.440 e. The van der Waals surface area contributed by atoms with Crippen LogP contribution in [0, 0.1) is 12.3 Å². The number of halogens is 2. The fourth-order valence-electron chi connectivity index (χ4n) is 0.917. The highest BCUT2D eigenvalue weighted by molar-refractivity contribution is 7.56. The second kappa shape index (κ2) is 6.83. The van der Waals surface area contributed by atoms with Crippen molar-refractivity contribution >= 4 is 13.6 Å². The summed E-state index contributed by atoms with van der Waals surface area (Å²) in [5.41, 5.74) is -4.40. The lowest BCUT2D eigenvalue weighted by molar-refractivity contribution is -0.165. The lowest BCUT2D eigenvalue weighted by Gasteiger charge is -2.24. The first-order valence-corrected chi connectivity index (χ1v) is 6.73. The maximum atomic E-state index is 13.7. The number of alkyl halides is 2. The van der Waals surface area contributed by atoms with Crippen molar-refractivity contribution in [2.24, 2.45) is 0 Å². The minimum atomic E-state index is -4.92. The largest absolute Gasteiger partial charge is 0.445 e. The van der Waals surface area contributed by atoms with Crippen molar-refractivity contribution in [1.82, 2.24) is 0 Å². The van der Waals surface area contributed by atoms with E-state index in [-0.39, 0.29) is 13.2 Å². The summed E-state index contributed by atoms with van der Waals surface area (Å²) >= 11 is 0. The zero-order valence-corrected chi connectivity index (χ0v) is 11.2. The first kappa shape index (κ1) is 17.0. The molecule has 0 fully saturated rings. The highest BCUT2D eigenvalue weighted by Crippen LogP contribution is 2.62. The van der Waals surface area contributed by atoms with Gasteiger partial charge in [0.25, 0.3) is 0 Å². The standard InChI is InChI=1S/C10H15F2O5P/c1-5-8(4)17-9(13)10(11,12)18(14,15-6-2)16-7-3/h1,8H,6-7H2,2-4H3. The molecule has 0 aliphatic carbocycles. The van der Waals surface area contributed by atoms with E-state index < -0.39 is 25.3 Å². The molecular weight excluding hydrogens is 269 g/mol. The molecule has 0 saturated heterocycles. The fraction of sp³-hybridized carbons (Fsp3) is 0.700. The Morgan fingerprint density at radius 3 is 2.17 bits per heavy atom. The van der Waals surface area contributed by atoms with E-state index in [4.69, 9.17) is 6.42 Å². The van der Waals surface area contributed by atoms with Gasteiger partial charge < -0.3 is 13.8 Å². The number of rotatable bonds is 7. The van der Waals surface area contributed by atoms with Gasteiger partial charge in [0.05, 0.1) is 13.2 Å². The zero-order valence-electron chi connectivity index (χ0n) is 10.3. The minimum absolute atomic E-state index is 0.301. The topological polar surface area (TPSA) is 61.8 Å². The second-order valence-corrected chi connectivity index (χ2v) is 5.16. The van der Waals surface area contributed by atoms with Gasteiger partial charge in [-0.25, -0.2) is 4.79 Å². The SMILES string of the molecule is C#CC(C)OC(=O)C(F)(F)P(=O)(OCC)OCC. The average molecular weight is 284 g/mol. The molecule has 0 saturated carbocycles. The third-order valence-corrected chi connectivity index (χ3v) is 3.77. The van der Waals surface area contributed by atoms with Gasteiger partial charge in [-0.05, 0) is 20.8 Å². The molecular formula is C10H15F2O5P. The normalized spacial score (nSPS) is 13.8. The monoisotopic (exact) mass is 284 g/mol. The van der Waals surface area contributed by atoms with Gasteiger partial charge in [-0.1, -0.05) is 5.92 Å². The molecule has 8 heteroatoms. The molecule has 0 aromatic heterocycles. The molecule has 5 nitrogen and oxygen atoms in total. The number of hydrogen-bond acceptors (Lipinski definition) is 5. The Hall–Kier alpha value is -0.960. The predicted molar refractivity (Wildman–Crippen MR) is 60.2 cm³/mol. The van der Waals surface area contributed by atoms with Crippen LogP contribution in [0.25, 0.3) is 0 Å². The Kier molecular flexibility index (Phi) is 6.47. The summed E-state index contributed by atoms with van der Waals surface area (Å²) in [6, 6.07) is 0. The van der Waals surface area contributed by atoms with E-state index >= 15 is 0 Å². The van der Waals surface area contributed by atoms with Crippen molar-refractivity contribution < 1.29 is 31.9 Å². The first-order valence-electron chi connectivity index (χ1n) is 5.19. The van der Waals surface area contributed by atoms with E-state index in [0.717, 1.165) is 0 Å². The number of terminal acetylenes is 1. The Morgan fingerprint density at radius 1 is 1.39 bits per heavy atom. The summed E-state index contributed by atoms with van der Waals surface area (Å²) in [6.07, 6.45) is 3.72. The van der Waals surface area contributed by atoms with Crippen molar-refractivity contribution in [3.05, 3.63) is 0 Å². The van der Waals surface area contributed by atoms with Gasteiger partial charge in [0.15, 0.2) is 6.10 Å². The van der Waals surface area contributed by atoms with Crippen molar-refractivity contribution in [2.45, 2.75) is 32.5 Å². The van der Waals surface area contributed by atoms with Gasteiger partial charge in [0.2, 0.25) is 0 Å². The molecule has 1 unspecified atom stereocenters. The van der Waals surface area contributed by atoms with Crippen LogP contribution in [0.3, 0.4) is 0 Å². The molecule has 1 atom stereocenters. The second-order valence-electron chi connectivity index (χ2n) is 3.09. The van der Waals surface area contributed by atoms with E-state index in [9.17, 15) is 18.1 Å². The fourth-order valence-corrected chi connectivity index (χ4v) is 2.27. The van der Waals surface area contributed by atoms with Crippen LogP contribution in [0.1, 0.15) is 20.8 Å². The lowest BCUT2D eigenvalue weighted by atomic mass is 10.4. The van der Waals surface area contributed by atoms with Gasteiger partial charge in [-0.15, -0.1) is 6.42 Å². The van der Waals surface area contributed by atoms with Crippen LogP contribution < -0.4 is 0 Å². The molecule has 0 aromatic carbocycles. The Balaban J connectivity index is 5.12. The molecule has 0 spiro atoms. The van der Waals surface area contributed by atoms with Crippen molar-refractivity contribution in [3.63, 3.8) is 0 Å². The van der Waals surface area contributed by atoms with Gasteiger partial charge in [-0.2, -0.15) is 8.78 Å². The van der Waals surface area contributed by atoms with Gasteiger partial charge in [0, 0.05) is 0 Å². The molecule has 0 heterocycles. The van der Waals surface area contributed by atoms with Crippen molar-refractivity contribution in [1.29, 1.82) is 0 Å². The minimum Gasteiger partial charge on any atom is -0.445 e. The molecule has 0 amide bonds. The number of carbonyl (C=O) groups excluding carboxylic acids is 1. The molecule has 0 rings (SSSR count). The smallest absolute Gasteiger partial charge is 0.440 e. The summed E-state index contributed by atoms with van der Waals surface area (Å²) in [5, 5.41) is 0. The molecule has 0 bridgehead atoms. The average Bonchev–Trinajstić information content (AvgIpc) is 2.29. The van der Waals surface area contributed by atoms with Crippen molar-refractivity contribution in [3.8, 4) is 12.3 Å². The van der Waals surface area contributed by atoms with E-state index in [2.05, 4.69) is 13.8 Å². The summed E-state index contributed by atoms with van der Waals surface area (Å²) in [6.45, 7) is 3.31. The van der Waals surface area contributed by atoms with E-state index in [1.807, 2.05) is 5.92 Å². The zero-order chi connectivity index (χ0) is 14.4. The Labute approximate surface area is 104 Å². The lowest BCUT2D eigenvalue weighted by Crippen LogP contribution is -2.34. The quantitative estimate of drug-likeness (QED) is 0.408. The Bertz CT molecular complexity index is 367. The summed E-state index contributed by atoms with van der Waals surface area (Å²) in [4.78, 5) is 11.2. The molecule has 0 radical (unpaired) electrons. The van der Waals surface area contributed by atoms with Crippen LogP contribution in [-0.4, -0.2) is 31.0 Å². The van der Waals surface area contributed by atoms with E-state index in [0.29, 0.717) is 0 Å². The molecule has 0 aliphatic rings. The van der Waals surface area contributed by atoms with Crippen LogP contribution in [0.5, 0.6) is 0 Å². The van der Waals surface area contributed by atoms with Gasteiger partial charge in [0.1, 0.15) is 0 Å². The van der Waals surface area contributed by atoms with Crippen LogP contribution in [0.4, 0.5) is 8.78 Å². The van der Waals surface area contributed by atoms with Gasteiger partial charge in [-0.3, -0.25) is 4.57 Å². The van der Waals surface area contributed by atoms with Crippen LogP contribution >= 0.6 is 7.60 Å². The number of carbonyl (C=O) groups is 1. The maximum absolute atomic E-state index is 13.7. The predicted octanol–water partition coefficient (Wildman–Crippen LogP) is 2.41. The third kappa shape index (κ3) is 3.77. The Morgan fingerprint density at radius 2 is 1.83 bits per heavy atom. The molecule has 0 aromatic rings. The van der Waals surface area contributed by atoms with Gasteiger partial charge >= 0.3 is 19.2 Å². The summed E-state index contributed by atoms with van der Waals surface area (Å²) < 4.78 is 52.2. The molecule has 18 heavy (non-hydrogen) atoms. The summed E-state index contributed by atoms with van der Waals surface area (Å²) in [7, 11) is -4.92. The van der Waals surface area contributed by atoms with Crippen LogP contribution in [0.15, 0.2) is 0 Å². The third-order valence-electron chi connectivity index (χ3n) is 1.71. The first-order chi connectivity index (χ1) is 8.25.